The number of hydrogen-bond acceptors (Lipinski definition) is 8. The molecule has 0 bridgehead atoms. The molecular formula is C23H21F3N8O3. The Bertz CT molecular complexity index is 1650. The van der Waals surface area contributed by atoms with Crippen molar-refractivity contribution >= 4 is 17.0 Å². The Morgan fingerprint density at radius 3 is 2.43 bits per heavy atom. The molecule has 1 saturated carbocycles. The summed E-state index contributed by atoms with van der Waals surface area (Å²) < 4.78 is 50.4. The van der Waals surface area contributed by atoms with Crippen LogP contribution in [-0.4, -0.2) is 53.1 Å². The summed E-state index contributed by atoms with van der Waals surface area (Å²) in [4.78, 5) is 39.2. The van der Waals surface area contributed by atoms with E-state index in [4.69, 9.17) is 4.74 Å². The van der Waals surface area contributed by atoms with Gasteiger partial charge in [0, 0.05) is 31.9 Å². The molecule has 6 rings (SSSR count). The summed E-state index contributed by atoms with van der Waals surface area (Å²) in [6.45, 7) is 0.808. The van der Waals surface area contributed by atoms with E-state index in [2.05, 4.69) is 20.1 Å². The Kier molecular flexibility index (Phi) is 5.10. The van der Waals surface area contributed by atoms with Crippen LogP contribution in [0, 0.1) is 0 Å². The van der Waals surface area contributed by atoms with Gasteiger partial charge < -0.3 is 14.2 Å². The third kappa shape index (κ3) is 4.11. The normalized spacial score (nSPS) is 16.3. The van der Waals surface area contributed by atoms with Crippen molar-refractivity contribution < 1.29 is 17.9 Å². The molecule has 0 atom stereocenters. The molecule has 5 heterocycles. The second-order valence-corrected chi connectivity index (χ2v) is 9.27. The maximum Gasteiger partial charge on any atom is 0.449 e. The predicted molar refractivity (Wildman–Crippen MR) is 125 cm³/mol. The summed E-state index contributed by atoms with van der Waals surface area (Å²) in [6.07, 6.45) is 2.13. The average molecular weight is 514 g/mol. The number of anilines is 1. The van der Waals surface area contributed by atoms with E-state index < -0.39 is 17.6 Å². The number of fused-ring (bicyclic) bond motifs is 1. The lowest BCUT2D eigenvalue weighted by molar-refractivity contribution is -0.147. The van der Waals surface area contributed by atoms with Gasteiger partial charge in [0.1, 0.15) is 17.3 Å². The van der Waals surface area contributed by atoms with Crippen LogP contribution in [0.4, 0.5) is 19.1 Å². The molecule has 37 heavy (non-hydrogen) atoms. The molecule has 4 aromatic rings. The smallest absolute Gasteiger partial charge is 0.449 e. The summed E-state index contributed by atoms with van der Waals surface area (Å²) >= 11 is 0. The molecule has 1 saturated heterocycles. The first-order valence-corrected chi connectivity index (χ1v) is 11.6. The van der Waals surface area contributed by atoms with Crippen molar-refractivity contribution in [2.24, 2.45) is 14.1 Å². The van der Waals surface area contributed by atoms with E-state index in [9.17, 15) is 22.8 Å². The van der Waals surface area contributed by atoms with Crippen molar-refractivity contribution in [2.45, 2.75) is 31.2 Å². The van der Waals surface area contributed by atoms with Crippen molar-refractivity contribution in [3.8, 4) is 17.0 Å². The van der Waals surface area contributed by atoms with Crippen molar-refractivity contribution in [2.75, 3.05) is 18.0 Å². The second-order valence-electron chi connectivity index (χ2n) is 9.27. The van der Waals surface area contributed by atoms with Gasteiger partial charge in [-0.2, -0.15) is 18.3 Å². The summed E-state index contributed by atoms with van der Waals surface area (Å²) in [5.74, 6) is -0.556. The Morgan fingerprint density at radius 2 is 1.76 bits per heavy atom. The largest absolute Gasteiger partial charge is 0.483 e. The molecule has 0 radical (unpaired) electrons. The molecule has 1 aliphatic carbocycles. The highest BCUT2D eigenvalue weighted by atomic mass is 19.4. The lowest BCUT2D eigenvalue weighted by Crippen LogP contribution is -2.54. The Hall–Kier alpha value is -4.23. The molecule has 14 heteroatoms. The maximum atomic E-state index is 13.6. The first-order valence-electron chi connectivity index (χ1n) is 11.6. The molecule has 0 unspecified atom stereocenters. The fraction of sp³-hybridized carbons (Fsp3) is 0.391. The van der Waals surface area contributed by atoms with Crippen LogP contribution in [0.15, 0.2) is 40.3 Å². The molecule has 2 aliphatic rings. The van der Waals surface area contributed by atoms with Crippen molar-refractivity contribution in [1.82, 2.24) is 33.9 Å². The van der Waals surface area contributed by atoms with Gasteiger partial charge >= 0.3 is 6.18 Å². The first kappa shape index (κ1) is 23.2. The number of aromatic nitrogens is 7. The molecule has 1 aliphatic heterocycles. The van der Waals surface area contributed by atoms with E-state index in [0.29, 0.717) is 35.0 Å². The number of ether oxygens (including phenoxy) is 1. The highest BCUT2D eigenvalue weighted by Crippen LogP contribution is 2.35. The van der Waals surface area contributed by atoms with Gasteiger partial charge in [0.2, 0.25) is 17.3 Å². The van der Waals surface area contributed by atoms with E-state index in [0.717, 1.165) is 19.9 Å². The molecule has 0 N–H and O–H groups in total. The number of nitrogens with zero attached hydrogens (tertiary/aromatic N) is 8. The lowest BCUT2D eigenvalue weighted by atomic mass is 10.1. The predicted octanol–water partition coefficient (Wildman–Crippen LogP) is 1.91. The summed E-state index contributed by atoms with van der Waals surface area (Å²) in [5.41, 5.74) is -1.46. The van der Waals surface area contributed by atoms with E-state index in [-0.39, 0.29) is 34.3 Å². The SMILES string of the molecule is Cn1cc(-c2nc(N3CC(Oc4cnn(C5CC5)c4)C3)nc3c(=O)n(C)c(C(F)(F)F)nc23)ccc1=O. The van der Waals surface area contributed by atoms with Gasteiger partial charge in [0.15, 0.2) is 11.3 Å². The Morgan fingerprint density at radius 1 is 1.00 bits per heavy atom. The van der Waals surface area contributed by atoms with Gasteiger partial charge in [-0.25, -0.2) is 15.0 Å². The molecule has 11 nitrogen and oxygen atoms in total. The first-order chi connectivity index (χ1) is 17.6. The summed E-state index contributed by atoms with van der Waals surface area (Å²) in [5, 5.41) is 4.31. The van der Waals surface area contributed by atoms with Crippen molar-refractivity contribution in [1.29, 1.82) is 0 Å². The monoisotopic (exact) mass is 514 g/mol. The van der Waals surface area contributed by atoms with Crippen LogP contribution < -0.4 is 20.8 Å². The second kappa shape index (κ2) is 8.15. The highest BCUT2D eigenvalue weighted by Gasteiger charge is 2.38. The zero-order valence-electron chi connectivity index (χ0n) is 19.8. The number of hydrogen-bond donors (Lipinski definition) is 0. The third-order valence-electron chi connectivity index (χ3n) is 6.46. The average Bonchev–Trinajstić information content (AvgIpc) is 3.57. The quantitative estimate of drug-likeness (QED) is 0.397. The molecule has 0 amide bonds. The van der Waals surface area contributed by atoms with Gasteiger partial charge in [0.05, 0.1) is 31.5 Å². The van der Waals surface area contributed by atoms with Crippen LogP contribution >= 0.6 is 0 Å². The number of rotatable bonds is 5. The summed E-state index contributed by atoms with van der Waals surface area (Å²) in [6, 6.07) is 3.13. The van der Waals surface area contributed by atoms with Crippen molar-refractivity contribution in [3.63, 3.8) is 0 Å². The van der Waals surface area contributed by atoms with Crippen LogP contribution in [0.2, 0.25) is 0 Å². The van der Waals surface area contributed by atoms with E-state index in [1.807, 2.05) is 10.9 Å². The van der Waals surface area contributed by atoms with E-state index >= 15 is 0 Å². The number of aryl methyl sites for hydroxylation is 1. The standard InChI is InChI=1S/C23H21F3N8O3/c1-31-8-12(3-6-16(31)35)17-18-19(20(36)32(2)21(28-18)23(24,25)26)30-22(29-17)33-9-15(10-33)37-14-7-27-34(11-14)13-4-5-13/h3,6-8,11,13,15H,4-5,9-10H2,1-2H3. The van der Waals surface area contributed by atoms with Gasteiger partial charge in [-0.15, -0.1) is 0 Å². The topological polar surface area (TPSA) is 113 Å². The van der Waals surface area contributed by atoms with Gasteiger partial charge in [-0.1, -0.05) is 0 Å². The minimum Gasteiger partial charge on any atom is -0.483 e. The van der Waals surface area contributed by atoms with E-state index in [1.54, 1.807) is 11.1 Å². The Balaban J connectivity index is 1.38. The van der Waals surface area contributed by atoms with Crippen molar-refractivity contribution in [3.05, 3.63) is 57.3 Å². The van der Waals surface area contributed by atoms with Crippen LogP contribution in [0.3, 0.4) is 0 Å². The van der Waals surface area contributed by atoms with E-state index in [1.165, 1.54) is 29.9 Å². The minimum absolute atomic E-state index is 0.0221. The van der Waals surface area contributed by atoms with Gasteiger partial charge in [0.25, 0.3) is 5.56 Å². The van der Waals surface area contributed by atoms with Gasteiger partial charge in [-0.05, 0) is 18.9 Å². The van der Waals surface area contributed by atoms with Crippen LogP contribution in [0.5, 0.6) is 5.75 Å². The van der Waals surface area contributed by atoms with Crippen LogP contribution in [0.25, 0.3) is 22.3 Å². The molecule has 4 aromatic heterocycles. The third-order valence-corrected chi connectivity index (χ3v) is 6.46. The van der Waals surface area contributed by atoms with Gasteiger partial charge in [-0.3, -0.25) is 18.8 Å². The number of halogens is 3. The van der Waals surface area contributed by atoms with Crippen LogP contribution in [0.1, 0.15) is 24.7 Å². The molecule has 0 spiro atoms. The zero-order valence-corrected chi connectivity index (χ0v) is 19.8. The zero-order chi connectivity index (χ0) is 26.1. The maximum absolute atomic E-state index is 13.6. The molecule has 2 fully saturated rings. The minimum atomic E-state index is -4.86. The lowest BCUT2D eigenvalue weighted by Gasteiger charge is -2.38. The molecular weight excluding hydrogens is 493 g/mol. The highest BCUT2D eigenvalue weighted by molar-refractivity contribution is 5.89. The Labute approximate surface area is 206 Å². The molecule has 192 valence electrons. The fourth-order valence-corrected chi connectivity index (χ4v) is 4.25. The summed E-state index contributed by atoms with van der Waals surface area (Å²) in [7, 11) is 2.51. The fourth-order valence-electron chi connectivity index (χ4n) is 4.25. The molecule has 0 aromatic carbocycles. The number of pyridine rings is 1. The number of alkyl halides is 3. The van der Waals surface area contributed by atoms with Crippen LogP contribution in [-0.2, 0) is 20.3 Å².